The van der Waals surface area contributed by atoms with Gasteiger partial charge < -0.3 is 10.2 Å². The number of para-hydroxylation sites is 1. The summed E-state index contributed by atoms with van der Waals surface area (Å²) in [6, 6.07) is 20.3. The monoisotopic (exact) mass is 296 g/mol. The topological polar surface area (TPSA) is 32.3 Å². The fourth-order valence-electron chi connectivity index (χ4n) is 2.31. The quantitative estimate of drug-likeness (QED) is 0.755. The highest BCUT2D eigenvalue weighted by molar-refractivity contribution is 5.81. The van der Waals surface area contributed by atoms with Gasteiger partial charge in [-0.3, -0.25) is 4.79 Å². The Bertz CT molecular complexity index is 554. The van der Waals surface area contributed by atoms with Gasteiger partial charge in [-0.2, -0.15) is 0 Å². The molecule has 0 atom stereocenters. The molecule has 0 radical (unpaired) electrons. The zero-order chi connectivity index (χ0) is 15.6. The number of anilines is 1. The van der Waals surface area contributed by atoms with Crippen LogP contribution in [0.5, 0.6) is 0 Å². The SMILES string of the molecule is CCCCNC(=O)CN(Cc1ccccc1)c1ccccc1. The number of hydrogen-bond donors (Lipinski definition) is 1. The standard InChI is InChI=1S/C19H24N2O/c1-2-3-14-20-19(22)16-21(18-12-8-5-9-13-18)15-17-10-6-4-7-11-17/h4-13H,2-3,14-16H2,1H3,(H,20,22). The number of unbranched alkanes of at least 4 members (excludes halogenated alkanes) is 1. The molecule has 3 nitrogen and oxygen atoms in total. The van der Waals surface area contributed by atoms with Crippen LogP contribution in [0.1, 0.15) is 25.3 Å². The van der Waals surface area contributed by atoms with E-state index in [0.29, 0.717) is 6.54 Å². The molecule has 0 fully saturated rings. The minimum atomic E-state index is 0.0771. The number of nitrogens with one attached hydrogen (secondary N) is 1. The Kier molecular flexibility index (Phi) is 6.49. The van der Waals surface area contributed by atoms with Crippen LogP contribution in [0.2, 0.25) is 0 Å². The Hall–Kier alpha value is -2.29. The van der Waals surface area contributed by atoms with Crippen molar-refractivity contribution in [1.29, 1.82) is 0 Å². The van der Waals surface area contributed by atoms with Crippen LogP contribution in [0.3, 0.4) is 0 Å². The van der Waals surface area contributed by atoms with E-state index >= 15 is 0 Å². The van der Waals surface area contributed by atoms with Crippen LogP contribution >= 0.6 is 0 Å². The summed E-state index contributed by atoms with van der Waals surface area (Å²) >= 11 is 0. The number of nitrogens with zero attached hydrogens (tertiary/aromatic N) is 1. The molecule has 0 aliphatic rings. The second-order valence-corrected chi connectivity index (χ2v) is 5.38. The minimum absolute atomic E-state index is 0.0771. The fourth-order valence-corrected chi connectivity index (χ4v) is 2.31. The van der Waals surface area contributed by atoms with Gasteiger partial charge in [-0.15, -0.1) is 0 Å². The molecule has 0 saturated heterocycles. The Morgan fingerprint density at radius 2 is 1.64 bits per heavy atom. The average molecular weight is 296 g/mol. The van der Waals surface area contributed by atoms with Gasteiger partial charge in [0.1, 0.15) is 0 Å². The van der Waals surface area contributed by atoms with Gasteiger partial charge in [-0.05, 0) is 24.1 Å². The summed E-state index contributed by atoms with van der Waals surface area (Å²) in [6.07, 6.45) is 2.11. The van der Waals surface area contributed by atoms with E-state index in [-0.39, 0.29) is 5.91 Å². The van der Waals surface area contributed by atoms with E-state index in [9.17, 15) is 4.79 Å². The van der Waals surface area contributed by atoms with Gasteiger partial charge in [0.05, 0.1) is 6.54 Å². The molecule has 0 aliphatic heterocycles. The molecule has 1 N–H and O–H groups in total. The third-order valence-corrected chi connectivity index (χ3v) is 3.52. The van der Waals surface area contributed by atoms with Crippen molar-refractivity contribution in [3.05, 3.63) is 66.2 Å². The number of amides is 1. The minimum Gasteiger partial charge on any atom is -0.358 e. The Balaban J connectivity index is 2.04. The van der Waals surface area contributed by atoms with Crippen molar-refractivity contribution in [2.75, 3.05) is 18.0 Å². The zero-order valence-electron chi connectivity index (χ0n) is 13.2. The smallest absolute Gasteiger partial charge is 0.239 e. The van der Waals surface area contributed by atoms with Crippen molar-refractivity contribution < 1.29 is 4.79 Å². The summed E-state index contributed by atoms with van der Waals surface area (Å²) in [4.78, 5) is 14.2. The van der Waals surface area contributed by atoms with E-state index in [1.165, 1.54) is 5.56 Å². The summed E-state index contributed by atoms with van der Waals surface area (Å²) in [7, 11) is 0. The van der Waals surface area contributed by atoms with Gasteiger partial charge in [0.25, 0.3) is 0 Å². The molecule has 3 heteroatoms. The van der Waals surface area contributed by atoms with Gasteiger partial charge in [-0.1, -0.05) is 61.9 Å². The highest BCUT2D eigenvalue weighted by atomic mass is 16.2. The lowest BCUT2D eigenvalue weighted by Gasteiger charge is -2.24. The molecule has 22 heavy (non-hydrogen) atoms. The molecule has 1 amide bonds. The van der Waals surface area contributed by atoms with Crippen molar-refractivity contribution in [2.45, 2.75) is 26.3 Å². The zero-order valence-corrected chi connectivity index (χ0v) is 13.2. The molecule has 0 saturated carbocycles. The van der Waals surface area contributed by atoms with Gasteiger partial charge in [0, 0.05) is 18.8 Å². The predicted molar refractivity (Wildman–Crippen MR) is 91.9 cm³/mol. The van der Waals surface area contributed by atoms with Crippen molar-refractivity contribution >= 4 is 11.6 Å². The van der Waals surface area contributed by atoms with Crippen LogP contribution in [0.25, 0.3) is 0 Å². The van der Waals surface area contributed by atoms with Gasteiger partial charge in [-0.25, -0.2) is 0 Å². The maximum Gasteiger partial charge on any atom is 0.239 e. The van der Waals surface area contributed by atoms with Crippen molar-refractivity contribution in [2.24, 2.45) is 0 Å². The Morgan fingerprint density at radius 3 is 2.27 bits per heavy atom. The maximum absolute atomic E-state index is 12.1. The van der Waals surface area contributed by atoms with E-state index in [1.807, 2.05) is 48.5 Å². The van der Waals surface area contributed by atoms with Crippen LogP contribution in [-0.2, 0) is 11.3 Å². The molecule has 0 bridgehead atoms. The summed E-state index contributed by atoms with van der Waals surface area (Å²) in [5, 5.41) is 2.99. The largest absolute Gasteiger partial charge is 0.358 e. The molecular weight excluding hydrogens is 272 g/mol. The third-order valence-electron chi connectivity index (χ3n) is 3.52. The molecule has 2 aromatic carbocycles. The van der Waals surface area contributed by atoms with E-state index in [1.54, 1.807) is 0 Å². The molecule has 116 valence electrons. The lowest BCUT2D eigenvalue weighted by molar-refractivity contribution is -0.119. The fraction of sp³-hybridized carbons (Fsp3) is 0.316. The van der Waals surface area contributed by atoms with E-state index in [4.69, 9.17) is 0 Å². The molecule has 0 aliphatic carbocycles. The van der Waals surface area contributed by atoms with E-state index in [2.05, 4.69) is 29.3 Å². The first kappa shape index (κ1) is 16.1. The molecule has 0 heterocycles. The van der Waals surface area contributed by atoms with E-state index in [0.717, 1.165) is 31.6 Å². The number of hydrogen-bond acceptors (Lipinski definition) is 2. The number of carbonyl (C=O) groups excluding carboxylic acids is 1. The lowest BCUT2D eigenvalue weighted by Crippen LogP contribution is -2.37. The van der Waals surface area contributed by atoms with Crippen LogP contribution in [0.4, 0.5) is 5.69 Å². The van der Waals surface area contributed by atoms with Crippen molar-refractivity contribution in [1.82, 2.24) is 5.32 Å². The molecule has 0 unspecified atom stereocenters. The first-order valence-corrected chi connectivity index (χ1v) is 7.90. The number of benzene rings is 2. The lowest BCUT2D eigenvalue weighted by atomic mass is 10.2. The van der Waals surface area contributed by atoms with Crippen molar-refractivity contribution in [3.63, 3.8) is 0 Å². The van der Waals surface area contributed by atoms with Crippen LogP contribution in [0, 0.1) is 0 Å². The normalized spacial score (nSPS) is 10.2. The predicted octanol–water partition coefficient (Wildman–Crippen LogP) is 3.61. The highest BCUT2D eigenvalue weighted by Crippen LogP contribution is 2.16. The highest BCUT2D eigenvalue weighted by Gasteiger charge is 2.11. The van der Waals surface area contributed by atoms with Gasteiger partial charge >= 0.3 is 0 Å². The summed E-state index contributed by atoms with van der Waals surface area (Å²) in [5.41, 5.74) is 2.27. The number of rotatable bonds is 8. The molecule has 0 aromatic heterocycles. The number of carbonyl (C=O) groups is 1. The van der Waals surface area contributed by atoms with Gasteiger partial charge in [0.2, 0.25) is 5.91 Å². The first-order chi connectivity index (χ1) is 10.8. The summed E-state index contributed by atoms with van der Waals surface area (Å²) in [6.45, 7) is 3.98. The third kappa shape index (κ3) is 5.24. The molecular formula is C19H24N2O. The van der Waals surface area contributed by atoms with Gasteiger partial charge in [0.15, 0.2) is 0 Å². The summed E-state index contributed by atoms with van der Waals surface area (Å²) in [5.74, 6) is 0.0771. The van der Waals surface area contributed by atoms with E-state index < -0.39 is 0 Å². The molecule has 2 aromatic rings. The molecule has 0 spiro atoms. The second-order valence-electron chi connectivity index (χ2n) is 5.38. The second kappa shape index (κ2) is 8.88. The Morgan fingerprint density at radius 1 is 1.00 bits per heavy atom. The molecule has 2 rings (SSSR count). The Labute approximate surface area is 133 Å². The first-order valence-electron chi connectivity index (χ1n) is 7.90. The van der Waals surface area contributed by atoms with Crippen LogP contribution in [0.15, 0.2) is 60.7 Å². The van der Waals surface area contributed by atoms with Crippen molar-refractivity contribution in [3.8, 4) is 0 Å². The average Bonchev–Trinajstić information content (AvgIpc) is 2.56. The van der Waals surface area contributed by atoms with Crippen LogP contribution < -0.4 is 10.2 Å². The van der Waals surface area contributed by atoms with Crippen LogP contribution in [-0.4, -0.2) is 19.0 Å². The maximum atomic E-state index is 12.1. The summed E-state index contributed by atoms with van der Waals surface area (Å²) < 4.78 is 0.